The third kappa shape index (κ3) is 3.08. The van der Waals surface area contributed by atoms with Crippen LogP contribution >= 0.6 is 0 Å². The average molecular weight is 287 g/mol. The maximum Gasteiger partial charge on any atom is 0.251 e. The lowest BCUT2D eigenvalue weighted by molar-refractivity contribution is -0.137. The number of rotatable bonds is 4. The standard InChI is InChI=1S/C16H21N3O2/c17-13-7-4-10-19(13)16(21)14(11-5-2-1-3-6-11)18-15(20)12-8-9-12/h1-3,5-6,12-14H,4,7-10,17H2,(H,18,20)/t13-,14-/m1/s1. The predicted molar refractivity (Wildman–Crippen MR) is 79.0 cm³/mol. The molecule has 21 heavy (non-hydrogen) atoms. The van der Waals surface area contributed by atoms with Gasteiger partial charge in [-0.05, 0) is 31.2 Å². The van der Waals surface area contributed by atoms with E-state index in [4.69, 9.17) is 5.73 Å². The summed E-state index contributed by atoms with van der Waals surface area (Å²) in [6, 6.07) is 8.78. The average Bonchev–Trinajstić information content (AvgIpc) is 3.27. The first-order valence-electron chi connectivity index (χ1n) is 7.58. The van der Waals surface area contributed by atoms with Crippen molar-refractivity contribution in [2.45, 2.75) is 37.9 Å². The summed E-state index contributed by atoms with van der Waals surface area (Å²) in [6.07, 6.45) is 3.35. The van der Waals surface area contributed by atoms with Gasteiger partial charge in [0.05, 0.1) is 6.17 Å². The number of carbonyl (C=O) groups excluding carboxylic acids is 2. The minimum atomic E-state index is -0.622. The number of amides is 2. The van der Waals surface area contributed by atoms with E-state index in [1.807, 2.05) is 30.3 Å². The Morgan fingerprint density at radius 2 is 1.90 bits per heavy atom. The predicted octanol–water partition coefficient (Wildman–Crippen LogP) is 1.16. The van der Waals surface area contributed by atoms with Gasteiger partial charge in [-0.2, -0.15) is 0 Å². The van der Waals surface area contributed by atoms with Crippen molar-refractivity contribution in [3.8, 4) is 0 Å². The Labute approximate surface area is 124 Å². The van der Waals surface area contributed by atoms with E-state index in [-0.39, 0.29) is 23.9 Å². The van der Waals surface area contributed by atoms with E-state index >= 15 is 0 Å². The molecule has 2 aliphatic rings. The number of likely N-dealkylation sites (tertiary alicyclic amines) is 1. The Hall–Kier alpha value is -1.88. The molecule has 1 aliphatic carbocycles. The fourth-order valence-electron chi connectivity index (χ4n) is 2.77. The normalized spacial score (nSPS) is 22.9. The van der Waals surface area contributed by atoms with Gasteiger partial charge in [0.25, 0.3) is 5.91 Å². The number of benzene rings is 1. The Morgan fingerprint density at radius 3 is 2.48 bits per heavy atom. The van der Waals surface area contributed by atoms with Gasteiger partial charge in [-0.1, -0.05) is 30.3 Å². The summed E-state index contributed by atoms with van der Waals surface area (Å²) in [5.41, 5.74) is 6.81. The summed E-state index contributed by atoms with van der Waals surface area (Å²) in [6.45, 7) is 0.669. The summed E-state index contributed by atoms with van der Waals surface area (Å²) < 4.78 is 0. The highest BCUT2D eigenvalue weighted by molar-refractivity contribution is 5.90. The second-order valence-electron chi connectivity index (χ2n) is 5.87. The molecule has 2 fully saturated rings. The van der Waals surface area contributed by atoms with Crippen molar-refractivity contribution in [3.05, 3.63) is 35.9 Å². The van der Waals surface area contributed by atoms with Crippen LogP contribution in [0.4, 0.5) is 0 Å². The summed E-state index contributed by atoms with van der Waals surface area (Å²) in [4.78, 5) is 26.5. The molecule has 0 bridgehead atoms. The fraction of sp³-hybridized carbons (Fsp3) is 0.500. The van der Waals surface area contributed by atoms with Crippen LogP contribution in [0.2, 0.25) is 0 Å². The van der Waals surface area contributed by atoms with Crippen molar-refractivity contribution in [2.24, 2.45) is 11.7 Å². The molecule has 0 radical (unpaired) electrons. The molecule has 1 aromatic carbocycles. The van der Waals surface area contributed by atoms with E-state index in [0.29, 0.717) is 6.54 Å². The van der Waals surface area contributed by atoms with Crippen LogP contribution in [0.1, 0.15) is 37.3 Å². The first kappa shape index (κ1) is 14.1. The van der Waals surface area contributed by atoms with Crippen LogP contribution in [0.3, 0.4) is 0 Å². The lowest BCUT2D eigenvalue weighted by Crippen LogP contribution is -2.48. The fourth-order valence-corrected chi connectivity index (χ4v) is 2.77. The molecule has 112 valence electrons. The van der Waals surface area contributed by atoms with E-state index in [1.165, 1.54) is 0 Å². The van der Waals surface area contributed by atoms with Crippen LogP contribution in [0.15, 0.2) is 30.3 Å². The van der Waals surface area contributed by atoms with Crippen molar-refractivity contribution in [1.29, 1.82) is 0 Å². The number of nitrogens with one attached hydrogen (secondary N) is 1. The zero-order valence-corrected chi connectivity index (χ0v) is 12.0. The molecule has 2 atom stereocenters. The van der Waals surface area contributed by atoms with Crippen molar-refractivity contribution < 1.29 is 9.59 Å². The van der Waals surface area contributed by atoms with E-state index in [2.05, 4.69) is 5.32 Å². The van der Waals surface area contributed by atoms with E-state index in [0.717, 1.165) is 31.2 Å². The Bertz CT molecular complexity index is 528. The van der Waals surface area contributed by atoms with Crippen molar-refractivity contribution >= 4 is 11.8 Å². The van der Waals surface area contributed by atoms with Gasteiger partial charge in [-0.3, -0.25) is 9.59 Å². The van der Waals surface area contributed by atoms with E-state index < -0.39 is 6.04 Å². The molecule has 3 rings (SSSR count). The third-order valence-electron chi connectivity index (χ3n) is 4.20. The number of hydrogen-bond acceptors (Lipinski definition) is 3. The summed E-state index contributed by atoms with van der Waals surface area (Å²) in [5, 5.41) is 2.91. The highest BCUT2D eigenvalue weighted by atomic mass is 16.2. The van der Waals surface area contributed by atoms with Gasteiger partial charge in [0.1, 0.15) is 6.04 Å². The molecule has 0 unspecified atom stereocenters. The molecule has 1 saturated carbocycles. The van der Waals surface area contributed by atoms with Crippen LogP contribution in [-0.2, 0) is 9.59 Å². The Morgan fingerprint density at radius 1 is 1.19 bits per heavy atom. The summed E-state index contributed by atoms with van der Waals surface area (Å²) in [5.74, 6) is -0.0403. The van der Waals surface area contributed by atoms with Gasteiger partial charge in [0, 0.05) is 12.5 Å². The molecule has 3 N–H and O–H groups in total. The topological polar surface area (TPSA) is 75.4 Å². The minimum absolute atomic E-state index is 0.0232. The molecular weight excluding hydrogens is 266 g/mol. The number of carbonyl (C=O) groups is 2. The maximum atomic E-state index is 12.8. The van der Waals surface area contributed by atoms with Gasteiger partial charge >= 0.3 is 0 Å². The van der Waals surface area contributed by atoms with E-state index in [1.54, 1.807) is 4.90 Å². The smallest absolute Gasteiger partial charge is 0.251 e. The monoisotopic (exact) mass is 287 g/mol. The van der Waals surface area contributed by atoms with Gasteiger partial charge in [-0.15, -0.1) is 0 Å². The summed E-state index contributed by atoms with van der Waals surface area (Å²) >= 11 is 0. The number of hydrogen-bond donors (Lipinski definition) is 2. The van der Waals surface area contributed by atoms with Crippen LogP contribution < -0.4 is 11.1 Å². The van der Waals surface area contributed by atoms with Crippen molar-refractivity contribution in [3.63, 3.8) is 0 Å². The van der Waals surface area contributed by atoms with Gasteiger partial charge < -0.3 is 16.0 Å². The first-order chi connectivity index (χ1) is 10.2. The SMILES string of the molecule is N[C@H]1CCCN1C(=O)[C@H](NC(=O)C1CC1)c1ccccc1. The first-order valence-corrected chi connectivity index (χ1v) is 7.58. The van der Waals surface area contributed by atoms with Crippen LogP contribution in [0.25, 0.3) is 0 Å². The van der Waals surface area contributed by atoms with Gasteiger partial charge in [-0.25, -0.2) is 0 Å². The molecule has 5 nitrogen and oxygen atoms in total. The lowest BCUT2D eigenvalue weighted by Gasteiger charge is -2.27. The van der Waals surface area contributed by atoms with Crippen LogP contribution in [0, 0.1) is 5.92 Å². The van der Waals surface area contributed by atoms with Crippen LogP contribution in [0.5, 0.6) is 0 Å². The van der Waals surface area contributed by atoms with Crippen molar-refractivity contribution in [1.82, 2.24) is 10.2 Å². The molecule has 1 saturated heterocycles. The molecule has 1 heterocycles. The molecular formula is C16H21N3O2. The van der Waals surface area contributed by atoms with Gasteiger partial charge in [0.2, 0.25) is 5.91 Å². The Balaban J connectivity index is 1.80. The molecule has 2 amide bonds. The van der Waals surface area contributed by atoms with Crippen molar-refractivity contribution in [2.75, 3.05) is 6.54 Å². The second-order valence-corrected chi connectivity index (χ2v) is 5.87. The molecule has 1 aliphatic heterocycles. The maximum absolute atomic E-state index is 12.8. The quantitative estimate of drug-likeness (QED) is 0.872. The molecule has 0 aromatic heterocycles. The number of nitrogens with zero attached hydrogens (tertiary/aromatic N) is 1. The number of nitrogens with two attached hydrogens (primary N) is 1. The zero-order chi connectivity index (χ0) is 14.8. The van der Waals surface area contributed by atoms with E-state index in [9.17, 15) is 9.59 Å². The molecule has 0 spiro atoms. The Kier molecular flexibility index (Phi) is 3.92. The summed E-state index contributed by atoms with van der Waals surface area (Å²) in [7, 11) is 0. The second kappa shape index (κ2) is 5.85. The molecule has 1 aromatic rings. The largest absolute Gasteiger partial charge is 0.340 e. The van der Waals surface area contributed by atoms with Crippen LogP contribution in [-0.4, -0.2) is 29.4 Å². The molecule has 5 heteroatoms. The lowest BCUT2D eigenvalue weighted by atomic mass is 10.1. The zero-order valence-electron chi connectivity index (χ0n) is 12.0. The minimum Gasteiger partial charge on any atom is -0.340 e. The van der Waals surface area contributed by atoms with Gasteiger partial charge in [0.15, 0.2) is 0 Å². The third-order valence-corrected chi connectivity index (χ3v) is 4.20. The highest BCUT2D eigenvalue weighted by Crippen LogP contribution is 2.30. The highest BCUT2D eigenvalue weighted by Gasteiger charge is 2.36.